The Kier molecular flexibility index (Phi) is 2.02. The molecule has 15 heavy (non-hydrogen) atoms. The number of nitriles is 1. The lowest BCUT2D eigenvalue weighted by atomic mass is 9.69. The molecule has 0 atom stereocenters. The van der Waals surface area contributed by atoms with Crippen molar-refractivity contribution in [1.29, 1.82) is 5.26 Å². The van der Waals surface area contributed by atoms with E-state index in [4.69, 9.17) is 11.0 Å². The van der Waals surface area contributed by atoms with E-state index in [1.165, 1.54) is 0 Å². The van der Waals surface area contributed by atoms with Crippen molar-refractivity contribution in [3.63, 3.8) is 0 Å². The number of benzene rings is 1. The van der Waals surface area contributed by atoms with Crippen molar-refractivity contribution in [2.75, 3.05) is 0 Å². The highest BCUT2D eigenvalue weighted by atomic mass is 19.3. The summed E-state index contributed by atoms with van der Waals surface area (Å²) >= 11 is 0. The van der Waals surface area contributed by atoms with Gasteiger partial charge in [-0.25, -0.2) is 8.78 Å². The quantitative estimate of drug-likeness (QED) is 0.768. The summed E-state index contributed by atoms with van der Waals surface area (Å²) in [6, 6.07) is 8.53. The lowest BCUT2D eigenvalue weighted by Crippen LogP contribution is -2.55. The third kappa shape index (κ3) is 1.71. The minimum absolute atomic E-state index is 0.338. The molecule has 1 fully saturated rings. The van der Waals surface area contributed by atoms with Gasteiger partial charge in [-0.05, 0) is 17.7 Å². The molecule has 0 saturated heterocycles. The highest BCUT2D eigenvalue weighted by Gasteiger charge is 2.55. The van der Waals surface area contributed by atoms with Crippen LogP contribution in [0.2, 0.25) is 0 Å². The molecule has 0 bridgehead atoms. The number of nitrogens with zero attached hydrogens (tertiary/aromatic N) is 1. The van der Waals surface area contributed by atoms with Gasteiger partial charge in [0.1, 0.15) is 0 Å². The van der Waals surface area contributed by atoms with Crippen molar-refractivity contribution in [3.05, 3.63) is 35.4 Å². The van der Waals surface area contributed by atoms with Gasteiger partial charge < -0.3 is 5.73 Å². The van der Waals surface area contributed by atoms with Crippen molar-refractivity contribution in [2.24, 2.45) is 5.73 Å². The molecule has 1 saturated carbocycles. The number of hydrogen-bond acceptors (Lipinski definition) is 2. The van der Waals surface area contributed by atoms with Crippen molar-refractivity contribution >= 4 is 0 Å². The van der Waals surface area contributed by atoms with E-state index in [1.807, 2.05) is 6.07 Å². The summed E-state index contributed by atoms with van der Waals surface area (Å²) in [7, 11) is 0. The molecule has 0 aromatic heterocycles. The van der Waals surface area contributed by atoms with E-state index >= 15 is 0 Å². The summed E-state index contributed by atoms with van der Waals surface area (Å²) in [5, 5.41) is 8.68. The second-order valence-corrected chi connectivity index (χ2v) is 4.06. The van der Waals surface area contributed by atoms with Crippen LogP contribution < -0.4 is 5.73 Å². The standard InChI is InChI=1S/C11H10F2N2/c12-11(13)6-10(15,7-11)9-3-1-2-8(4-9)5-14/h1-4H,6-7,15H2. The van der Waals surface area contributed by atoms with Gasteiger partial charge in [-0.1, -0.05) is 12.1 Å². The third-order valence-corrected chi connectivity index (χ3v) is 2.71. The van der Waals surface area contributed by atoms with Gasteiger partial charge in [-0.2, -0.15) is 5.26 Å². The minimum Gasteiger partial charge on any atom is -0.321 e. The second-order valence-electron chi connectivity index (χ2n) is 4.06. The highest BCUT2D eigenvalue weighted by Crippen LogP contribution is 2.49. The summed E-state index contributed by atoms with van der Waals surface area (Å²) in [5.41, 5.74) is 5.94. The maximum Gasteiger partial charge on any atom is 0.252 e. The van der Waals surface area contributed by atoms with Gasteiger partial charge in [0, 0.05) is 12.8 Å². The SMILES string of the molecule is N#Cc1cccc(C2(N)CC(F)(F)C2)c1. The monoisotopic (exact) mass is 208 g/mol. The van der Waals surface area contributed by atoms with Crippen molar-refractivity contribution < 1.29 is 8.78 Å². The largest absolute Gasteiger partial charge is 0.321 e. The van der Waals surface area contributed by atoms with E-state index in [1.54, 1.807) is 24.3 Å². The topological polar surface area (TPSA) is 49.8 Å². The molecule has 1 aromatic rings. The van der Waals surface area contributed by atoms with Crippen molar-refractivity contribution in [1.82, 2.24) is 0 Å². The minimum atomic E-state index is -2.66. The smallest absolute Gasteiger partial charge is 0.252 e. The van der Waals surface area contributed by atoms with Gasteiger partial charge in [0.15, 0.2) is 0 Å². The zero-order chi connectivity index (χ0) is 11.1. The molecule has 0 spiro atoms. The zero-order valence-electron chi connectivity index (χ0n) is 8.00. The molecule has 2 nitrogen and oxygen atoms in total. The molecule has 2 N–H and O–H groups in total. The van der Waals surface area contributed by atoms with Crippen LogP contribution >= 0.6 is 0 Å². The molecule has 0 amide bonds. The van der Waals surface area contributed by atoms with E-state index in [-0.39, 0.29) is 12.8 Å². The average molecular weight is 208 g/mol. The predicted molar refractivity (Wildman–Crippen MR) is 51.2 cm³/mol. The Morgan fingerprint density at radius 3 is 2.53 bits per heavy atom. The van der Waals surface area contributed by atoms with E-state index in [9.17, 15) is 8.78 Å². The Balaban J connectivity index is 2.28. The third-order valence-electron chi connectivity index (χ3n) is 2.71. The summed E-state index contributed by atoms with van der Waals surface area (Å²) in [6.45, 7) is 0. The van der Waals surface area contributed by atoms with Gasteiger partial charge in [0.05, 0.1) is 17.2 Å². The molecule has 0 heterocycles. The van der Waals surface area contributed by atoms with Crippen LogP contribution in [0.3, 0.4) is 0 Å². The van der Waals surface area contributed by atoms with Crippen LogP contribution in [-0.2, 0) is 5.54 Å². The first-order valence-electron chi connectivity index (χ1n) is 4.63. The lowest BCUT2D eigenvalue weighted by molar-refractivity contribution is -0.125. The summed E-state index contributed by atoms with van der Waals surface area (Å²) in [5.74, 6) is -2.66. The van der Waals surface area contributed by atoms with Crippen LogP contribution in [0.25, 0.3) is 0 Å². The van der Waals surface area contributed by atoms with Crippen LogP contribution in [0.4, 0.5) is 8.78 Å². The van der Waals surface area contributed by atoms with Crippen LogP contribution in [0.5, 0.6) is 0 Å². The summed E-state index contributed by atoms with van der Waals surface area (Å²) in [6.07, 6.45) is -0.677. The molecular weight excluding hydrogens is 198 g/mol. The fourth-order valence-electron chi connectivity index (χ4n) is 1.97. The van der Waals surface area contributed by atoms with Gasteiger partial charge in [0.25, 0.3) is 5.92 Å². The fraction of sp³-hybridized carbons (Fsp3) is 0.364. The predicted octanol–water partition coefficient (Wildman–Crippen LogP) is 2.14. The normalized spacial score (nSPS) is 21.5. The summed E-state index contributed by atoms with van der Waals surface area (Å²) < 4.78 is 25.5. The van der Waals surface area contributed by atoms with Gasteiger partial charge in [-0.3, -0.25) is 0 Å². The van der Waals surface area contributed by atoms with E-state index in [0.29, 0.717) is 11.1 Å². The van der Waals surface area contributed by atoms with E-state index in [2.05, 4.69) is 0 Å². The number of alkyl halides is 2. The Morgan fingerprint density at radius 1 is 1.33 bits per heavy atom. The number of rotatable bonds is 1. The van der Waals surface area contributed by atoms with Crippen LogP contribution in [0.15, 0.2) is 24.3 Å². The number of nitrogens with two attached hydrogens (primary N) is 1. The lowest BCUT2D eigenvalue weighted by Gasteiger charge is -2.44. The van der Waals surface area contributed by atoms with Gasteiger partial charge in [0.2, 0.25) is 0 Å². The first-order valence-corrected chi connectivity index (χ1v) is 4.63. The molecule has 78 valence electrons. The van der Waals surface area contributed by atoms with Crippen LogP contribution in [-0.4, -0.2) is 5.92 Å². The van der Waals surface area contributed by atoms with Crippen LogP contribution in [0, 0.1) is 11.3 Å². The maximum atomic E-state index is 12.8. The Morgan fingerprint density at radius 2 is 2.00 bits per heavy atom. The fourth-order valence-corrected chi connectivity index (χ4v) is 1.97. The van der Waals surface area contributed by atoms with Gasteiger partial charge in [-0.15, -0.1) is 0 Å². The van der Waals surface area contributed by atoms with E-state index in [0.717, 1.165) is 0 Å². The van der Waals surface area contributed by atoms with E-state index < -0.39 is 11.5 Å². The number of hydrogen-bond donors (Lipinski definition) is 1. The molecule has 0 unspecified atom stereocenters. The van der Waals surface area contributed by atoms with Crippen LogP contribution in [0.1, 0.15) is 24.0 Å². The highest BCUT2D eigenvalue weighted by molar-refractivity contribution is 5.38. The molecule has 1 aliphatic carbocycles. The van der Waals surface area contributed by atoms with Crippen molar-refractivity contribution in [3.8, 4) is 6.07 Å². The molecule has 0 radical (unpaired) electrons. The summed E-state index contributed by atoms with van der Waals surface area (Å²) in [4.78, 5) is 0. The Bertz CT molecular complexity index is 426. The molecule has 4 heteroatoms. The second kappa shape index (κ2) is 3.01. The average Bonchev–Trinajstić information content (AvgIpc) is 2.15. The van der Waals surface area contributed by atoms with Gasteiger partial charge >= 0.3 is 0 Å². The molecule has 1 aromatic carbocycles. The molecular formula is C11H10F2N2. The number of halogens is 2. The molecule has 2 rings (SSSR count). The Hall–Kier alpha value is -1.47. The maximum absolute atomic E-state index is 12.8. The molecule has 0 aliphatic heterocycles. The van der Waals surface area contributed by atoms with Crippen molar-refractivity contribution in [2.45, 2.75) is 24.3 Å². The Labute approximate surface area is 86.3 Å². The molecule has 1 aliphatic rings. The zero-order valence-corrected chi connectivity index (χ0v) is 8.00. The first-order chi connectivity index (χ1) is 6.95. The first kappa shape index (κ1) is 10.1.